The average molecular weight is 441 g/mol. The first-order valence-electron chi connectivity index (χ1n) is 8.16. The molecule has 0 heterocycles. The molecule has 29 heavy (non-hydrogen) atoms. The van der Waals surface area contributed by atoms with Crippen LogP contribution in [0.25, 0.3) is 11.1 Å². The normalized spacial score (nSPS) is 13.2. The van der Waals surface area contributed by atoms with Gasteiger partial charge in [0.25, 0.3) is 0 Å². The quantitative estimate of drug-likeness (QED) is 0.530. The summed E-state index contributed by atoms with van der Waals surface area (Å²) in [5.74, 6) is -4.11. The molecule has 2 rings (SSSR count). The zero-order valence-electron chi connectivity index (χ0n) is 14.9. The van der Waals surface area contributed by atoms with Crippen molar-refractivity contribution in [3.05, 3.63) is 52.5 Å². The molecule has 10 heteroatoms. The van der Waals surface area contributed by atoms with Crippen molar-refractivity contribution in [3.63, 3.8) is 0 Å². The summed E-state index contributed by atoms with van der Waals surface area (Å²) in [5, 5.41) is 8.81. The Morgan fingerprint density at radius 1 is 1.07 bits per heavy atom. The first-order chi connectivity index (χ1) is 13.3. The van der Waals surface area contributed by atoms with E-state index in [2.05, 4.69) is 0 Å². The number of hydrogen-bond donors (Lipinski definition) is 1. The maximum absolute atomic E-state index is 12.8. The lowest BCUT2D eigenvalue weighted by molar-refractivity contribution is -0.157. The summed E-state index contributed by atoms with van der Waals surface area (Å²) in [6.07, 6.45) is -11.1. The van der Waals surface area contributed by atoms with Crippen molar-refractivity contribution in [1.82, 2.24) is 0 Å². The summed E-state index contributed by atoms with van der Waals surface area (Å²) in [6, 6.07) is 8.25. The van der Waals surface area contributed by atoms with Crippen LogP contribution in [-0.4, -0.2) is 30.0 Å². The molecule has 0 radical (unpaired) electrons. The molecule has 0 aromatic heterocycles. The van der Waals surface area contributed by atoms with E-state index in [1.54, 1.807) is 19.1 Å². The summed E-state index contributed by atoms with van der Waals surface area (Å²) < 4.78 is 81.0. The first kappa shape index (κ1) is 22.9. The Labute approximate surface area is 166 Å². The minimum absolute atomic E-state index is 0.0369. The largest absolute Gasteiger partial charge is 0.482 e. The zero-order valence-corrected chi connectivity index (χ0v) is 15.6. The fraction of sp³-hybridized carbons (Fsp3) is 0.316. The lowest BCUT2D eigenvalue weighted by atomic mass is 9.91. The monoisotopic (exact) mass is 440 g/mol. The van der Waals surface area contributed by atoms with Crippen molar-refractivity contribution >= 4 is 17.6 Å². The fourth-order valence-corrected chi connectivity index (χ4v) is 2.93. The molecule has 3 nitrogen and oxygen atoms in total. The third kappa shape index (κ3) is 6.56. The molecule has 0 aliphatic carbocycles. The van der Waals surface area contributed by atoms with Crippen molar-refractivity contribution in [2.45, 2.75) is 31.6 Å². The van der Waals surface area contributed by atoms with E-state index in [9.17, 15) is 36.2 Å². The van der Waals surface area contributed by atoms with E-state index in [0.29, 0.717) is 5.56 Å². The molecule has 2 aromatic rings. The Kier molecular flexibility index (Phi) is 6.72. The molecule has 0 spiro atoms. The van der Waals surface area contributed by atoms with Gasteiger partial charge in [-0.05, 0) is 30.2 Å². The fourth-order valence-electron chi connectivity index (χ4n) is 2.64. The van der Waals surface area contributed by atoms with E-state index in [-0.39, 0.29) is 11.1 Å². The number of aliphatic carboxylic acids is 1. The average Bonchev–Trinajstić information content (AvgIpc) is 2.57. The third-order valence-corrected chi connectivity index (χ3v) is 4.23. The van der Waals surface area contributed by atoms with Crippen molar-refractivity contribution < 1.29 is 41.0 Å². The van der Waals surface area contributed by atoms with E-state index in [1.165, 1.54) is 12.1 Å². The van der Waals surface area contributed by atoms with Gasteiger partial charge < -0.3 is 9.84 Å². The van der Waals surface area contributed by atoms with Crippen LogP contribution in [0.2, 0.25) is 5.02 Å². The molecule has 1 unspecified atom stereocenters. The highest BCUT2D eigenvalue weighted by Gasteiger charge is 2.37. The van der Waals surface area contributed by atoms with Crippen molar-refractivity contribution in [3.8, 4) is 16.9 Å². The molecule has 0 amide bonds. The van der Waals surface area contributed by atoms with Gasteiger partial charge in [0.1, 0.15) is 5.75 Å². The van der Waals surface area contributed by atoms with Gasteiger partial charge in [0.15, 0.2) is 6.61 Å². The number of aryl methyl sites for hydroxylation is 1. The standard InChI is InChI=1S/C19H15ClF6O3/c1-10-2-4-11(5-3-10)13-6-12(14(17(27)28)8-18(21,22)23)7-15(20)16(13)29-9-19(24,25)26/h2-7,14H,8-9H2,1H3,(H,27,28). The number of ether oxygens (including phenoxy) is 1. The summed E-state index contributed by atoms with van der Waals surface area (Å²) >= 11 is 6.00. The highest BCUT2D eigenvalue weighted by Crippen LogP contribution is 2.42. The molecule has 0 aliphatic heterocycles. The van der Waals surface area contributed by atoms with E-state index in [0.717, 1.165) is 17.7 Å². The third-order valence-electron chi connectivity index (χ3n) is 3.94. The number of alkyl halides is 6. The van der Waals surface area contributed by atoms with Crippen molar-refractivity contribution in [2.24, 2.45) is 0 Å². The van der Waals surface area contributed by atoms with Crippen LogP contribution in [0.1, 0.15) is 23.5 Å². The van der Waals surface area contributed by atoms with Gasteiger partial charge in [-0.3, -0.25) is 4.79 Å². The lowest BCUT2D eigenvalue weighted by Crippen LogP contribution is -2.21. The van der Waals surface area contributed by atoms with E-state index in [1.807, 2.05) is 0 Å². The second-order valence-electron chi connectivity index (χ2n) is 6.36. The molecule has 0 fully saturated rings. The topological polar surface area (TPSA) is 46.5 Å². The van der Waals surface area contributed by atoms with E-state index in [4.69, 9.17) is 16.3 Å². The predicted octanol–water partition coefficient (Wildman–Crippen LogP) is 6.38. The highest BCUT2D eigenvalue weighted by atomic mass is 35.5. The van der Waals surface area contributed by atoms with Crippen LogP contribution in [0, 0.1) is 6.92 Å². The molecule has 158 valence electrons. The maximum Gasteiger partial charge on any atom is 0.422 e. The Bertz CT molecular complexity index is 875. The summed E-state index contributed by atoms with van der Waals surface area (Å²) in [5.41, 5.74) is 0.807. The molecule has 2 aromatic carbocycles. The lowest BCUT2D eigenvalue weighted by Gasteiger charge is -2.20. The van der Waals surface area contributed by atoms with Crippen molar-refractivity contribution in [1.29, 1.82) is 0 Å². The number of carbonyl (C=O) groups is 1. The SMILES string of the molecule is Cc1ccc(-c2cc(C(CC(F)(F)F)C(=O)O)cc(Cl)c2OCC(F)(F)F)cc1. The van der Waals surface area contributed by atoms with Gasteiger partial charge in [0, 0.05) is 5.56 Å². The van der Waals surface area contributed by atoms with Gasteiger partial charge in [0.2, 0.25) is 0 Å². The minimum Gasteiger partial charge on any atom is -0.482 e. The molecule has 0 saturated carbocycles. The van der Waals surface area contributed by atoms with Gasteiger partial charge in [-0.15, -0.1) is 0 Å². The molecule has 0 saturated heterocycles. The van der Waals surface area contributed by atoms with Crippen LogP contribution in [0.15, 0.2) is 36.4 Å². The summed E-state index contributed by atoms with van der Waals surface area (Å²) in [6.45, 7) is 0.0911. The van der Waals surface area contributed by atoms with Gasteiger partial charge in [-0.1, -0.05) is 41.4 Å². The van der Waals surface area contributed by atoms with Crippen LogP contribution in [0.4, 0.5) is 26.3 Å². The van der Waals surface area contributed by atoms with E-state index < -0.39 is 48.0 Å². The number of halogens is 7. The second-order valence-corrected chi connectivity index (χ2v) is 6.77. The molecule has 1 atom stereocenters. The number of benzene rings is 2. The van der Waals surface area contributed by atoms with Gasteiger partial charge in [-0.25, -0.2) is 0 Å². The van der Waals surface area contributed by atoms with Crippen molar-refractivity contribution in [2.75, 3.05) is 6.61 Å². The van der Waals surface area contributed by atoms with Gasteiger partial charge in [-0.2, -0.15) is 26.3 Å². The summed E-state index contributed by atoms with van der Waals surface area (Å²) in [4.78, 5) is 11.4. The Hall–Kier alpha value is -2.42. The Morgan fingerprint density at radius 3 is 2.14 bits per heavy atom. The number of carboxylic acids is 1. The first-order valence-corrected chi connectivity index (χ1v) is 8.54. The Balaban J connectivity index is 2.61. The van der Waals surface area contributed by atoms with Crippen LogP contribution in [0.3, 0.4) is 0 Å². The molecule has 0 bridgehead atoms. The van der Waals surface area contributed by atoms with Crippen LogP contribution in [-0.2, 0) is 4.79 Å². The number of hydrogen-bond acceptors (Lipinski definition) is 2. The van der Waals surface area contributed by atoms with Crippen LogP contribution < -0.4 is 4.74 Å². The molecular weight excluding hydrogens is 426 g/mol. The highest BCUT2D eigenvalue weighted by molar-refractivity contribution is 6.32. The molecule has 0 aliphatic rings. The van der Waals surface area contributed by atoms with Crippen LogP contribution >= 0.6 is 11.6 Å². The summed E-state index contributed by atoms with van der Waals surface area (Å²) in [7, 11) is 0. The zero-order chi connectivity index (χ0) is 22.0. The smallest absolute Gasteiger partial charge is 0.422 e. The second kappa shape index (κ2) is 8.52. The minimum atomic E-state index is -4.77. The van der Waals surface area contributed by atoms with Gasteiger partial charge >= 0.3 is 18.3 Å². The van der Waals surface area contributed by atoms with Gasteiger partial charge in [0.05, 0.1) is 17.4 Å². The van der Waals surface area contributed by atoms with Crippen LogP contribution in [0.5, 0.6) is 5.75 Å². The number of rotatable bonds is 6. The number of carboxylic acid groups (broad SMARTS) is 1. The molecule has 1 N–H and O–H groups in total. The predicted molar refractivity (Wildman–Crippen MR) is 94.2 cm³/mol. The van der Waals surface area contributed by atoms with E-state index >= 15 is 0 Å². The molecular formula is C19H15ClF6O3. The maximum atomic E-state index is 12.8. The Morgan fingerprint density at radius 2 is 1.66 bits per heavy atom.